The number of benzene rings is 2. The third-order valence-corrected chi connectivity index (χ3v) is 5.13. The molecule has 0 aliphatic heterocycles. The molecule has 0 radical (unpaired) electrons. The Labute approximate surface area is 181 Å². The molecular weight excluding hydrogens is 416 g/mol. The molecule has 2 heterocycles. The van der Waals surface area contributed by atoms with E-state index in [2.05, 4.69) is 15.2 Å². The van der Waals surface area contributed by atoms with Crippen molar-refractivity contribution in [2.75, 3.05) is 5.75 Å². The molecule has 8 nitrogen and oxygen atoms in total. The largest absolute Gasteiger partial charge is 0.489 e. The Morgan fingerprint density at radius 3 is 2.74 bits per heavy atom. The summed E-state index contributed by atoms with van der Waals surface area (Å²) < 4.78 is 11.8. The lowest BCUT2D eigenvalue weighted by Gasteiger charge is -2.08. The van der Waals surface area contributed by atoms with E-state index in [1.54, 1.807) is 6.07 Å². The van der Waals surface area contributed by atoms with Crippen molar-refractivity contribution in [2.45, 2.75) is 11.8 Å². The lowest BCUT2D eigenvalue weighted by molar-refractivity contribution is -0.133. The van der Waals surface area contributed by atoms with Crippen LogP contribution in [0.4, 0.5) is 0 Å². The molecule has 3 N–H and O–H groups in total. The second-order valence-electron chi connectivity index (χ2n) is 6.52. The molecule has 0 saturated heterocycles. The molecule has 0 aliphatic carbocycles. The van der Waals surface area contributed by atoms with E-state index in [0.717, 1.165) is 28.5 Å². The average Bonchev–Trinajstić information content (AvgIpc) is 3.46. The highest BCUT2D eigenvalue weighted by molar-refractivity contribution is 7.99. The third kappa shape index (κ3) is 5.20. The normalized spacial score (nSPS) is 10.7. The Kier molecular flexibility index (Phi) is 6.13. The third-order valence-electron chi connectivity index (χ3n) is 4.30. The Morgan fingerprint density at radius 2 is 1.97 bits per heavy atom. The Balaban J connectivity index is 1.44. The molecule has 0 unspecified atom stereocenters. The maximum absolute atomic E-state index is 10.7. The van der Waals surface area contributed by atoms with Crippen LogP contribution in [0.25, 0.3) is 22.9 Å². The van der Waals surface area contributed by atoms with Gasteiger partial charge >= 0.3 is 5.97 Å². The fourth-order valence-corrected chi connectivity index (χ4v) is 3.30. The van der Waals surface area contributed by atoms with E-state index in [1.165, 1.54) is 6.21 Å². The Morgan fingerprint density at radius 1 is 1.16 bits per heavy atom. The first kappa shape index (κ1) is 20.4. The maximum atomic E-state index is 10.7. The van der Waals surface area contributed by atoms with Crippen LogP contribution in [0.1, 0.15) is 11.1 Å². The predicted molar refractivity (Wildman–Crippen MR) is 117 cm³/mol. The number of rotatable bonds is 9. The molecule has 0 fully saturated rings. The Hall–Kier alpha value is -3.85. The average molecular weight is 434 g/mol. The summed E-state index contributed by atoms with van der Waals surface area (Å²) in [6.07, 6.45) is 1.31. The number of aliphatic carboxylic acids is 1. The SMILES string of the molecule is N=Cc1ccc(COc2cccc(-c3ccc(-c4nc(SCC(=O)O)n[nH]4)o3)c2)cc1. The molecular formula is C22H18N4O4S. The zero-order valence-electron chi connectivity index (χ0n) is 16.2. The predicted octanol–water partition coefficient (Wildman–Crippen LogP) is 4.49. The van der Waals surface area contributed by atoms with Crippen LogP contribution in [-0.2, 0) is 11.4 Å². The molecule has 0 spiro atoms. The number of nitrogens with one attached hydrogen (secondary N) is 2. The van der Waals surface area contributed by atoms with Gasteiger partial charge < -0.3 is 19.7 Å². The van der Waals surface area contributed by atoms with Crippen molar-refractivity contribution in [1.29, 1.82) is 5.41 Å². The summed E-state index contributed by atoms with van der Waals surface area (Å²) >= 11 is 1.03. The number of ether oxygens (including phenoxy) is 1. The van der Waals surface area contributed by atoms with Crippen molar-refractivity contribution < 1.29 is 19.1 Å². The monoisotopic (exact) mass is 434 g/mol. The van der Waals surface area contributed by atoms with Crippen LogP contribution in [0.2, 0.25) is 0 Å². The number of aromatic amines is 1. The molecule has 2 aromatic carbocycles. The van der Waals surface area contributed by atoms with E-state index in [1.807, 2.05) is 54.6 Å². The van der Waals surface area contributed by atoms with Crippen LogP contribution in [-0.4, -0.2) is 38.2 Å². The number of nitrogens with zero attached hydrogens (tertiary/aromatic N) is 2. The highest BCUT2D eigenvalue weighted by Gasteiger charge is 2.13. The minimum atomic E-state index is -0.929. The topological polar surface area (TPSA) is 125 Å². The van der Waals surface area contributed by atoms with Gasteiger partial charge in [-0.2, -0.15) is 4.98 Å². The number of aromatic nitrogens is 3. The molecule has 0 bridgehead atoms. The van der Waals surface area contributed by atoms with Gasteiger partial charge in [-0.05, 0) is 35.4 Å². The van der Waals surface area contributed by atoms with Gasteiger partial charge in [0, 0.05) is 11.8 Å². The zero-order valence-corrected chi connectivity index (χ0v) is 17.1. The van der Waals surface area contributed by atoms with E-state index in [9.17, 15) is 4.79 Å². The Bertz CT molecular complexity index is 1200. The van der Waals surface area contributed by atoms with Crippen molar-refractivity contribution in [3.63, 3.8) is 0 Å². The molecule has 4 rings (SSSR count). The summed E-state index contributed by atoms with van der Waals surface area (Å²) in [7, 11) is 0. The first-order chi connectivity index (χ1) is 15.1. The summed E-state index contributed by atoms with van der Waals surface area (Å²) in [5.41, 5.74) is 2.71. The standard InChI is InChI=1S/C22H18N4O4S/c23-11-14-4-6-15(7-5-14)12-29-17-3-1-2-16(10-17)18-8-9-19(30-18)21-24-22(26-25-21)31-13-20(27)28/h1-11,23H,12-13H2,(H,27,28)(H,24,25,26). The van der Waals surface area contributed by atoms with Crippen molar-refractivity contribution in [3.8, 4) is 28.7 Å². The molecule has 2 aromatic heterocycles. The molecule has 4 aromatic rings. The highest BCUT2D eigenvalue weighted by atomic mass is 32.2. The van der Waals surface area contributed by atoms with Crippen molar-refractivity contribution in [3.05, 3.63) is 71.8 Å². The van der Waals surface area contributed by atoms with Crippen LogP contribution < -0.4 is 4.74 Å². The van der Waals surface area contributed by atoms with Gasteiger partial charge in [-0.25, -0.2) is 0 Å². The molecule has 0 amide bonds. The van der Waals surface area contributed by atoms with E-state index in [0.29, 0.717) is 34.9 Å². The van der Waals surface area contributed by atoms with Gasteiger partial charge in [-0.1, -0.05) is 48.2 Å². The second kappa shape index (κ2) is 9.31. The van der Waals surface area contributed by atoms with E-state index in [-0.39, 0.29) is 5.75 Å². The van der Waals surface area contributed by atoms with Gasteiger partial charge in [0.1, 0.15) is 18.1 Å². The first-order valence-electron chi connectivity index (χ1n) is 9.30. The fraction of sp³-hybridized carbons (Fsp3) is 0.0909. The lowest BCUT2D eigenvalue weighted by Crippen LogP contribution is -1.97. The number of carboxylic acid groups (broad SMARTS) is 1. The maximum Gasteiger partial charge on any atom is 0.313 e. The van der Waals surface area contributed by atoms with Crippen molar-refractivity contribution >= 4 is 23.9 Å². The summed E-state index contributed by atoms with van der Waals surface area (Å²) in [6.45, 7) is 0.417. The van der Waals surface area contributed by atoms with Gasteiger partial charge in [0.25, 0.3) is 0 Å². The number of carboxylic acids is 1. The van der Waals surface area contributed by atoms with Crippen LogP contribution >= 0.6 is 11.8 Å². The summed E-state index contributed by atoms with van der Waals surface area (Å²) in [5, 5.41) is 23.1. The number of H-pyrrole nitrogens is 1. The highest BCUT2D eigenvalue weighted by Crippen LogP contribution is 2.29. The van der Waals surface area contributed by atoms with Gasteiger partial charge in [-0.3, -0.25) is 9.89 Å². The minimum absolute atomic E-state index is 0.111. The fourth-order valence-electron chi connectivity index (χ4n) is 2.78. The zero-order chi connectivity index (χ0) is 21.6. The smallest absolute Gasteiger partial charge is 0.313 e. The van der Waals surface area contributed by atoms with E-state index < -0.39 is 5.97 Å². The van der Waals surface area contributed by atoms with Crippen LogP contribution in [0, 0.1) is 5.41 Å². The molecule has 0 atom stereocenters. The molecule has 0 saturated carbocycles. The van der Waals surface area contributed by atoms with Gasteiger partial charge in [-0.15, -0.1) is 5.10 Å². The van der Waals surface area contributed by atoms with Crippen LogP contribution in [0.3, 0.4) is 0 Å². The minimum Gasteiger partial charge on any atom is -0.489 e. The first-order valence-corrected chi connectivity index (χ1v) is 10.3. The quantitative estimate of drug-likeness (QED) is 0.262. The van der Waals surface area contributed by atoms with Gasteiger partial charge in [0.2, 0.25) is 5.16 Å². The number of hydrogen-bond acceptors (Lipinski definition) is 7. The summed E-state index contributed by atoms with van der Waals surface area (Å²) in [6, 6.07) is 18.8. The van der Waals surface area contributed by atoms with E-state index in [4.69, 9.17) is 19.7 Å². The number of thioether (sulfide) groups is 1. The number of furan rings is 1. The molecule has 156 valence electrons. The van der Waals surface area contributed by atoms with Gasteiger partial charge in [0.15, 0.2) is 11.6 Å². The number of carbonyl (C=O) groups is 1. The molecule has 9 heteroatoms. The second-order valence-corrected chi connectivity index (χ2v) is 7.46. The van der Waals surface area contributed by atoms with Crippen LogP contribution in [0.5, 0.6) is 5.75 Å². The van der Waals surface area contributed by atoms with Gasteiger partial charge in [0.05, 0.1) is 5.75 Å². The lowest BCUT2D eigenvalue weighted by atomic mass is 10.1. The summed E-state index contributed by atoms with van der Waals surface area (Å²) in [4.78, 5) is 14.9. The molecule has 0 aliphatic rings. The van der Waals surface area contributed by atoms with E-state index >= 15 is 0 Å². The van der Waals surface area contributed by atoms with Crippen LogP contribution in [0.15, 0.2) is 70.2 Å². The number of hydrogen-bond donors (Lipinski definition) is 3. The summed E-state index contributed by atoms with van der Waals surface area (Å²) in [5.74, 6) is 1.25. The molecule has 31 heavy (non-hydrogen) atoms. The van der Waals surface area contributed by atoms with Crippen molar-refractivity contribution in [1.82, 2.24) is 15.2 Å². The van der Waals surface area contributed by atoms with Crippen molar-refractivity contribution in [2.24, 2.45) is 0 Å².